The number of rotatable bonds is 7. The lowest BCUT2D eigenvalue weighted by molar-refractivity contribution is 0.235. The number of hydrogen-bond donors (Lipinski definition) is 1. The second-order valence-corrected chi connectivity index (χ2v) is 5.95. The van der Waals surface area contributed by atoms with Gasteiger partial charge in [0.05, 0.1) is 6.61 Å². The molecule has 0 aliphatic heterocycles. The molecule has 0 aliphatic carbocycles. The van der Waals surface area contributed by atoms with Crippen LogP contribution >= 0.6 is 0 Å². The van der Waals surface area contributed by atoms with Crippen molar-refractivity contribution < 1.29 is 4.74 Å². The molecule has 0 saturated heterocycles. The van der Waals surface area contributed by atoms with Gasteiger partial charge in [-0.15, -0.1) is 0 Å². The van der Waals surface area contributed by atoms with E-state index in [-0.39, 0.29) is 5.41 Å². The summed E-state index contributed by atoms with van der Waals surface area (Å²) in [5, 5.41) is 3.28. The van der Waals surface area contributed by atoms with Crippen LogP contribution in [0.2, 0.25) is 0 Å². The third-order valence-electron chi connectivity index (χ3n) is 2.72. The van der Waals surface area contributed by atoms with Gasteiger partial charge in [-0.3, -0.25) is 0 Å². The van der Waals surface area contributed by atoms with E-state index in [1.54, 1.807) is 0 Å². The van der Waals surface area contributed by atoms with Crippen molar-refractivity contribution in [3.8, 4) is 5.88 Å². The van der Waals surface area contributed by atoms with Crippen molar-refractivity contribution in [3.05, 3.63) is 11.9 Å². The molecule has 108 valence electrons. The van der Waals surface area contributed by atoms with Gasteiger partial charge in [-0.25, -0.2) is 4.98 Å². The molecule has 1 rings (SSSR count). The zero-order valence-electron chi connectivity index (χ0n) is 12.9. The maximum atomic E-state index is 5.75. The van der Waals surface area contributed by atoms with E-state index in [0.29, 0.717) is 12.5 Å². The highest BCUT2D eigenvalue weighted by atomic mass is 16.5. The predicted molar refractivity (Wildman–Crippen MR) is 79.8 cm³/mol. The Morgan fingerprint density at radius 2 is 1.95 bits per heavy atom. The minimum atomic E-state index is 0.282. The summed E-state index contributed by atoms with van der Waals surface area (Å²) < 4.78 is 5.75. The van der Waals surface area contributed by atoms with Gasteiger partial charge in [0.15, 0.2) is 0 Å². The van der Waals surface area contributed by atoms with Crippen LogP contribution in [0.4, 0.5) is 5.82 Å². The summed E-state index contributed by atoms with van der Waals surface area (Å²) in [4.78, 5) is 8.85. The molecule has 0 radical (unpaired) electrons. The molecule has 0 unspecified atom stereocenters. The lowest BCUT2D eigenvalue weighted by Gasteiger charge is -2.18. The monoisotopic (exact) mass is 265 g/mol. The first kappa shape index (κ1) is 15.7. The molecule has 0 saturated carbocycles. The van der Waals surface area contributed by atoms with Gasteiger partial charge >= 0.3 is 0 Å². The Kier molecular flexibility index (Phi) is 6.06. The summed E-state index contributed by atoms with van der Waals surface area (Å²) in [6, 6.07) is 1.89. The SMILES string of the molecule is CCCNc1cc(OCCC(C)(C)C)nc(CC)n1. The van der Waals surface area contributed by atoms with Crippen molar-refractivity contribution in [2.24, 2.45) is 5.41 Å². The highest BCUT2D eigenvalue weighted by Crippen LogP contribution is 2.20. The van der Waals surface area contributed by atoms with E-state index in [0.717, 1.165) is 37.4 Å². The smallest absolute Gasteiger partial charge is 0.218 e. The first-order valence-electron chi connectivity index (χ1n) is 7.19. The number of aryl methyl sites for hydroxylation is 1. The van der Waals surface area contributed by atoms with Gasteiger partial charge in [-0.2, -0.15) is 4.98 Å². The Morgan fingerprint density at radius 3 is 2.53 bits per heavy atom. The average Bonchev–Trinajstić information content (AvgIpc) is 2.34. The van der Waals surface area contributed by atoms with Crippen molar-refractivity contribution in [3.63, 3.8) is 0 Å². The largest absolute Gasteiger partial charge is 0.478 e. The van der Waals surface area contributed by atoms with Crippen molar-refractivity contribution in [2.45, 2.75) is 53.9 Å². The second kappa shape index (κ2) is 7.31. The Labute approximate surface area is 117 Å². The van der Waals surface area contributed by atoms with Crippen LogP contribution in [0.5, 0.6) is 5.88 Å². The van der Waals surface area contributed by atoms with E-state index in [2.05, 4.69) is 49.9 Å². The van der Waals surface area contributed by atoms with Crippen LogP contribution in [0.1, 0.15) is 53.3 Å². The third kappa shape index (κ3) is 6.41. The van der Waals surface area contributed by atoms with Crippen molar-refractivity contribution in [1.29, 1.82) is 0 Å². The summed E-state index contributed by atoms with van der Waals surface area (Å²) in [7, 11) is 0. The molecule has 4 heteroatoms. The van der Waals surface area contributed by atoms with Crippen LogP contribution in [0.25, 0.3) is 0 Å². The Morgan fingerprint density at radius 1 is 1.21 bits per heavy atom. The van der Waals surface area contributed by atoms with E-state index in [9.17, 15) is 0 Å². The highest BCUT2D eigenvalue weighted by Gasteiger charge is 2.11. The van der Waals surface area contributed by atoms with Gasteiger partial charge in [-0.05, 0) is 18.3 Å². The molecule has 0 amide bonds. The number of anilines is 1. The van der Waals surface area contributed by atoms with Crippen LogP contribution in [0.3, 0.4) is 0 Å². The fourth-order valence-electron chi connectivity index (χ4n) is 1.51. The maximum absolute atomic E-state index is 5.75. The normalized spacial score (nSPS) is 11.4. The topological polar surface area (TPSA) is 47.0 Å². The van der Waals surface area contributed by atoms with Crippen LogP contribution < -0.4 is 10.1 Å². The van der Waals surface area contributed by atoms with E-state index in [4.69, 9.17) is 4.74 Å². The first-order valence-corrected chi connectivity index (χ1v) is 7.19. The fraction of sp³-hybridized carbons (Fsp3) is 0.733. The second-order valence-electron chi connectivity index (χ2n) is 5.95. The molecule has 0 aromatic carbocycles. The van der Waals surface area contributed by atoms with E-state index < -0.39 is 0 Å². The van der Waals surface area contributed by atoms with Gasteiger partial charge in [0, 0.05) is 19.0 Å². The molecule has 0 atom stereocenters. The highest BCUT2D eigenvalue weighted by molar-refractivity contribution is 5.38. The lowest BCUT2D eigenvalue weighted by Crippen LogP contribution is -2.12. The molecule has 0 aliphatic rings. The van der Waals surface area contributed by atoms with Crippen LogP contribution in [-0.2, 0) is 6.42 Å². The average molecular weight is 265 g/mol. The van der Waals surface area contributed by atoms with Crippen LogP contribution in [-0.4, -0.2) is 23.1 Å². The number of hydrogen-bond acceptors (Lipinski definition) is 4. The minimum Gasteiger partial charge on any atom is -0.478 e. The van der Waals surface area contributed by atoms with E-state index >= 15 is 0 Å². The Hall–Kier alpha value is -1.32. The van der Waals surface area contributed by atoms with Crippen molar-refractivity contribution in [1.82, 2.24) is 9.97 Å². The molecule has 4 nitrogen and oxygen atoms in total. The quantitative estimate of drug-likeness (QED) is 0.817. The zero-order chi connectivity index (χ0) is 14.3. The van der Waals surface area contributed by atoms with E-state index in [1.165, 1.54) is 0 Å². The van der Waals surface area contributed by atoms with Crippen LogP contribution in [0, 0.1) is 5.41 Å². The molecule has 19 heavy (non-hydrogen) atoms. The van der Waals surface area contributed by atoms with E-state index in [1.807, 2.05) is 6.07 Å². The molecular formula is C15H27N3O. The van der Waals surface area contributed by atoms with Crippen molar-refractivity contribution in [2.75, 3.05) is 18.5 Å². The summed E-state index contributed by atoms with van der Waals surface area (Å²) in [5.74, 6) is 2.36. The Balaban J connectivity index is 2.65. The number of aromatic nitrogens is 2. The van der Waals surface area contributed by atoms with Gasteiger partial charge in [0.1, 0.15) is 11.6 Å². The molecular weight excluding hydrogens is 238 g/mol. The molecule has 1 heterocycles. The number of ether oxygens (including phenoxy) is 1. The fourth-order valence-corrected chi connectivity index (χ4v) is 1.51. The minimum absolute atomic E-state index is 0.282. The summed E-state index contributed by atoms with van der Waals surface area (Å²) in [5.41, 5.74) is 0.282. The van der Waals surface area contributed by atoms with Gasteiger partial charge in [0.25, 0.3) is 0 Å². The van der Waals surface area contributed by atoms with Gasteiger partial charge in [-0.1, -0.05) is 34.6 Å². The molecule has 0 spiro atoms. The molecule has 1 N–H and O–H groups in total. The number of nitrogens with zero attached hydrogens (tertiary/aromatic N) is 2. The summed E-state index contributed by atoms with van der Waals surface area (Å²) in [6.07, 6.45) is 2.90. The Bertz CT molecular complexity index is 385. The van der Waals surface area contributed by atoms with Gasteiger partial charge in [0.2, 0.25) is 5.88 Å². The zero-order valence-corrected chi connectivity index (χ0v) is 12.9. The summed E-state index contributed by atoms with van der Waals surface area (Å²) >= 11 is 0. The predicted octanol–water partition coefficient (Wildman–Crippen LogP) is 3.68. The van der Waals surface area contributed by atoms with Crippen molar-refractivity contribution >= 4 is 5.82 Å². The van der Waals surface area contributed by atoms with Gasteiger partial charge < -0.3 is 10.1 Å². The standard InChI is InChI=1S/C15H27N3O/c1-6-9-16-13-11-14(18-12(7-2)17-13)19-10-8-15(3,4)5/h11H,6-10H2,1-5H3,(H,16,17,18). The summed E-state index contributed by atoms with van der Waals surface area (Å²) in [6.45, 7) is 12.4. The molecule has 1 aromatic rings. The third-order valence-corrected chi connectivity index (χ3v) is 2.72. The van der Waals surface area contributed by atoms with Crippen LogP contribution in [0.15, 0.2) is 6.07 Å². The first-order chi connectivity index (χ1) is 8.94. The number of nitrogens with one attached hydrogen (secondary N) is 1. The maximum Gasteiger partial charge on any atom is 0.218 e. The molecule has 0 bridgehead atoms. The molecule has 1 aromatic heterocycles. The lowest BCUT2D eigenvalue weighted by atomic mass is 9.93. The molecule has 0 fully saturated rings.